The van der Waals surface area contributed by atoms with Gasteiger partial charge >= 0.3 is 0 Å². The highest BCUT2D eigenvalue weighted by Gasteiger charge is 2.31. The van der Waals surface area contributed by atoms with Gasteiger partial charge in [-0.3, -0.25) is 9.36 Å². The Kier molecular flexibility index (Phi) is 3.47. The molecule has 0 spiro atoms. The minimum atomic E-state index is -0.119. The molecule has 5 heteroatoms. The van der Waals surface area contributed by atoms with E-state index < -0.39 is 0 Å². The van der Waals surface area contributed by atoms with E-state index in [4.69, 9.17) is 0 Å². The van der Waals surface area contributed by atoms with E-state index in [0.29, 0.717) is 4.88 Å². The number of halogens is 1. The molecule has 104 valence electrons. The molecule has 1 aliphatic rings. The van der Waals surface area contributed by atoms with Crippen LogP contribution in [-0.4, -0.2) is 4.57 Å². The van der Waals surface area contributed by atoms with Crippen molar-refractivity contribution in [1.82, 2.24) is 4.57 Å². The summed E-state index contributed by atoms with van der Waals surface area (Å²) in [5, 5.41) is 10.2. The number of rotatable bonds is 1. The minimum Gasteiger partial charge on any atom is -0.294 e. The maximum atomic E-state index is 12.4. The summed E-state index contributed by atoms with van der Waals surface area (Å²) in [5.74, 6) is 0. The quantitative estimate of drug-likeness (QED) is 0.766. The van der Waals surface area contributed by atoms with E-state index in [2.05, 4.69) is 28.9 Å². The lowest BCUT2D eigenvalue weighted by molar-refractivity contribution is 0.221. The number of nitrogens with zero attached hydrogens (tertiary/aromatic N) is 2. The molecule has 20 heavy (non-hydrogen) atoms. The number of pyridine rings is 1. The molecule has 2 aromatic heterocycles. The molecule has 0 amide bonds. The molecule has 0 unspecified atom stereocenters. The second-order valence-corrected chi connectivity index (χ2v) is 7.43. The first kappa shape index (κ1) is 13.8. The van der Waals surface area contributed by atoms with Gasteiger partial charge in [0.15, 0.2) is 0 Å². The lowest BCUT2D eigenvalue weighted by Gasteiger charge is -2.36. The van der Waals surface area contributed by atoms with Gasteiger partial charge in [-0.2, -0.15) is 5.26 Å². The summed E-state index contributed by atoms with van der Waals surface area (Å²) < 4.78 is 2.74. The maximum absolute atomic E-state index is 12.4. The van der Waals surface area contributed by atoms with Crippen LogP contribution < -0.4 is 5.56 Å². The molecular weight excluding hydrogens is 336 g/mol. The molecule has 0 aromatic carbocycles. The monoisotopic (exact) mass is 350 g/mol. The molecule has 0 saturated heterocycles. The Morgan fingerprint density at radius 3 is 2.70 bits per heavy atom. The summed E-state index contributed by atoms with van der Waals surface area (Å²) in [4.78, 5) is 14.0. The van der Waals surface area contributed by atoms with Crippen molar-refractivity contribution in [2.75, 3.05) is 0 Å². The first-order chi connectivity index (χ1) is 9.57. The largest absolute Gasteiger partial charge is 0.294 e. The SMILES string of the molecule is CC1(n2c(=O)ccc3c(Br)c(C#N)sc32)CCCCC1. The van der Waals surface area contributed by atoms with Gasteiger partial charge in [-0.25, -0.2) is 0 Å². The van der Waals surface area contributed by atoms with Gasteiger partial charge in [-0.1, -0.05) is 19.3 Å². The van der Waals surface area contributed by atoms with Gasteiger partial charge in [0.25, 0.3) is 5.56 Å². The van der Waals surface area contributed by atoms with E-state index in [0.717, 1.165) is 40.4 Å². The number of nitriles is 1. The highest BCUT2D eigenvalue weighted by molar-refractivity contribution is 9.10. The van der Waals surface area contributed by atoms with Crippen molar-refractivity contribution in [2.24, 2.45) is 0 Å². The van der Waals surface area contributed by atoms with E-state index in [-0.39, 0.29) is 11.1 Å². The van der Waals surface area contributed by atoms with Crippen molar-refractivity contribution >= 4 is 37.5 Å². The fraction of sp³-hybridized carbons (Fsp3) is 0.467. The predicted octanol–water partition coefficient (Wildman–Crippen LogP) is 4.38. The van der Waals surface area contributed by atoms with E-state index in [1.165, 1.54) is 17.8 Å². The molecule has 3 nitrogen and oxygen atoms in total. The minimum absolute atomic E-state index is 0.0418. The van der Waals surface area contributed by atoms with Crippen LogP contribution in [0.2, 0.25) is 0 Å². The zero-order chi connectivity index (χ0) is 14.3. The van der Waals surface area contributed by atoms with Crippen LogP contribution in [-0.2, 0) is 5.54 Å². The van der Waals surface area contributed by atoms with E-state index in [1.807, 2.05) is 10.6 Å². The molecule has 0 bridgehead atoms. The topological polar surface area (TPSA) is 45.8 Å². The van der Waals surface area contributed by atoms with Crippen molar-refractivity contribution in [2.45, 2.75) is 44.6 Å². The first-order valence-electron chi connectivity index (χ1n) is 6.81. The summed E-state index contributed by atoms with van der Waals surface area (Å²) >= 11 is 4.90. The number of fused-ring (bicyclic) bond motifs is 1. The van der Waals surface area contributed by atoms with Gasteiger partial charge in [0.05, 0.1) is 4.47 Å². The van der Waals surface area contributed by atoms with E-state index in [1.54, 1.807) is 6.07 Å². The second-order valence-electron chi connectivity index (χ2n) is 5.64. The molecule has 0 N–H and O–H groups in total. The normalized spacial score (nSPS) is 18.1. The average molecular weight is 351 g/mol. The Morgan fingerprint density at radius 2 is 2.05 bits per heavy atom. The van der Waals surface area contributed by atoms with Gasteiger partial charge in [-0.05, 0) is 41.8 Å². The van der Waals surface area contributed by atoms with Crippen LogP contribution >= 0.6 is 27.3 Å². The van der Waals surface area contributed by atoms with Crippen LogP contribution in [0, 0.1) is 11.3 Å². The maximum Gasteiger partial charge on any atom is 0.252 e. The third-order valence-electron chi connectivity index (χ3n) is 4.25. The highest BCUT2D eigenvalue weighted by Crippen LogP contribution is 2.40. The third kappa shape index (κ3) is 2.02. The van der Waals surface area contributed by atoms with Crippen LogP contribution in [0.1, 0.15) is 43.9 Å². The first-order valence-corrected chi connectivity index (χ1v) is 8.42. The van der Waals surface area contributed by atoms with Crippen LogP contribution in [0.5, 0.6) is 0 Å². The van der Waals surface area contributed by atoms with Crippen LogP contribution in [0.15, 0.2) is 21.4 Å². The molecule has 0 radical (unpaired) electrons. The van der Waals surface area contributed by atoms with Crippen molar-refractivity contribution in [3.05, 3.63) is 31.8 Å². The molecule has 2 heterocycles. The van der Waals surface area contributed by atoms with Crippen LogP contribution in [0.25, 0.3) is 10.2 Å². The molecule has 2 aromatic rings. The van der Waals surface area contributed by atoms with Crippen molar-refractivity contribution < 1.29 is 0 Å². The highest BCUT2D eigenvalue weighted by atomic mass is 79.9. The summed E-state index contributed by atoms with van der Waals surface area (Å²) in [6.07, 6.45) is 5.64. The Morgan fingerprint density at radius 1 is 1.35 bits per heavy atom. The van der Waals surface area contributed by atoms with Crippen LogP contribution in [0.4, 0.5) is 0 Å². The van der Waals surface area contributed by atoms with Crippen molar-refractivity contribution in [3.63, 3.8) is 0 Å². The Bertz CT molecular complexity index is 762. The number of aromatic nitrogens is 1. The zero-order valence-electron chi connectivity index (χ0n) is 11.3. The van der Waals surface area contributed by atoms with Gasteiger partial charge in [0.2, 0.25) is 0 Å². The molecule has 0 aliphatic heterocycles. The lowest BCUT2D eigenvalue weighted by atomic mass is 9.83. The smallest absolute Gasteiger partial charge is 0.252 e. The molecule has 1 aliphatic carbocycles. The summed E-state index contributed by atoms with van der Waals surface area (Å²) in [6.45, 7) is 2.17. The molecule has 0 atom stereocenters. The third-order valence-corrected chi connectivity index (χ3v) is 6.43. The molecular formula is C15H15BrN2OS. The summed E-state index contributed by atoms with van der Waals surface area (Å²) in [5.41, 5.74) is -0.0774. The van der Waals surface area contributed by atoms with Gasteiger partial charge in [0, 0.05) is 17.0 Å². The predicted molar refractivity (Wildman–Crippen MR) is 85.2 cm³/mol. The average Bonchev–Trinajstić information content (AvgIpc) is 2.75. The fourth-order valence-electron chi connectivity index (χ4n) is 3.17. The van der Waals surface area contributed by atoms with Crippen molar-refractivity contribution in [1.29, 1.82) is 5.26 Å². The summed E-state index contributed by atoms with van der Waals surface area (Å²) in [7, 11) is 0. The lowest BCUT2D eigenvalue weighted by Crippen LogP contribution is -2.39. The number of hydrogen-bond acceptors (Lipinski definition) is 3. The molecule has 1 fully saturated rings. The zero-order valence-corrected chi connectivity index (χ0v) is 13.7. The van der Waals surface area contributed by atoms with Crippen molar-refractivity contribution in [3.8, 4) is 6.07 Å². The van der Waals surface area contributed by atoms with Gasteiger partial charge < -0.3 is 0 Å². The standard InChI is InChI=1S/C15H15BrN2OS/c1-15(7-3-2-4-8-15)18-12(19)6-5-10-13(16)11(9-17)20-14(10)18/h5-6H,2-4,7-8H2,1H3. The van der Waals surface area contributed by atoms with E-state index >= 15 is 0 Å². The Hall–Kier alpha value is -1.12. The van der Waals surface area contributed by atoms with Gasteiger partial charge in [-0.15, -0.1) is 11.3 Å². The number of thiophene rings is 1. The second kappa shape index (κ2) is 5.01. The van der Waals surface area contributed by atoms with Gasteiger partial charge in [0.1, 0.15) is 15.8 Å². The number of hydrogen-bond donors (Lipinski definition) is 0. The van der Waals surface area contributed by atoms with E-state index in [9.17, 15) is 10.1 Å². The molecule has 1 saturated carbocycles. The Balaban J connectivity index is 2.32. The molecule has 3 rings (SSSR count). The fourth-order valence-corrected chi connectivity index (χ4v) is 5.08. The van der Waals surface area contributed by atoms with Crippen LogP contribution in [0.3, 0.4) is 0 Å². The summed E-state index contributed by atoms with van der Waals surface area (Å²) in [6, 6.07) is 5.65. The Labute approximate surface area is 130 Å².